The summed E-state index contributed by atoms with van der Waals surface area (Å²) in [4.78, 5) is 11.7. The number of ether oxygens (including phenoxy) is 2. The highest BCUT2D eigenvalue weighted by Gasteiger charge is 2.10. The lowest BCUT2D eigenvalue weighted by Gasteiger charge is -2.15. The predicted molar refractivity (Wildman–Crippen MR) is 116 cm³/mol. The third-order valence-corrected chi connectivity index (χ3v) is 4.52. The first-order chi connectivity index (χ1) is 13.2. The predicted octanol–water partition coefficient (Wildman–Crippen LogP) is 5.22. The van der Waals surface area contributed by atoms with E-state index < -0.39 is 0 Å². The molecule has 1 N–H and O–H groups in total. The summed E-state index contributed by atoms with van der Waals surface area (Å²) in [5.41, 5.74) is 2.83. The molecule has 0 aliphatic heterocycles. The van der Waals surface area contributed by atoms with E-state index in [0.717, 1.165) is 11.1 Å². The Bertz CT molecular complexity index is 869. The molecule has 5 heteroatoms. The number of amides is 1. The van der Waals surface area contributed by atoms with Crippen LogP contribution in [0.3, 0.4) is 0 Å². The molecular weight excluding hydrogens is 453 g/mol. The molecular formula is C22H20INO3. The molecule has 138 valence electrons. The summed E-state index contributed by atoms with van der Waals surface area (Å²) < 4.78 is 12.3. The van der Waals surface area contributed by atoms with Gasteiger partial charge in [-0.2, -0.15) is 0 Å². The zero-order chi connectivity index (χ0) is 18.9. The maximum absolute atomic E-state index is 11.7. The zero-order valence-electron chi connectivity index (χ0n) is 14.7. The van der Waals surface area contributed by atoms with Crippen LogP contribution in [0.5, 0.6) is 11.5 Å². The molecule has 3 aromatic rings. The van der Waals surface area contributed by atoms with E-state index >= 15 is 0 Å². The van der Waals surface area contributed by atoms with Gasteiger partial charge < -0.3 is 14.8 Å². The lowest BCUT2D eigenvalue weighted by Crippen LogP contribution is -2.12. The first-order valence-electron chi connectivity index (χ1n) is 8.58. The maximum atomic E-state index is 11.7. The molecule has 0 spiro atoms. The molecule has 1 amide bonds. The Hall–Kier alpha value is -2.54. The van der Waals surface area contributed by atoms with E-state index in [1.54, 1.807) is 6.07 Å². The van der Waals surface area contributed by atoms with Crippen molar-refractivity contribution in [3.05, 3.63) is 90.0 Å². The maximum Gasteiger partial charge on any atom is 0.234 e. The van der Waals surface area contributed by atoms with E-state index in [4.69, 9.17) is 9.47 Å². The summed E-state index contributed by atoms with van der Waals surface area (Å²) in [6, 6.07) is 25.3. The van der Waals surface area contributed by atoms with Gasteiger partial charge in [-0.25, -0.2) is 0 Å². The van der Waals surface area contributed by atoms with Gasteiger partial charge in [0.2, 0.25) is 5.91 Å². The Morgan fingerprint density at radius 3 is 1.89 bits per heavy atom. The Morgan fingerprint density at radius 1 is 0.778 bits per heavy atom. The molecule has 0 aromatic heterocycles. The standard InChI is InChI=1S/C22H20INO3/c23-14-22(25)24-19-11-12-20(26-15-17-7-3-1-4-8-17)21(13-19)27-16-18-9-5-2-6-10-18/h1-13H,14-16H2,(H,24,25). The molecule has 0 heterocycles. The highest BCUT2D eigenvalue weighted by atomic mass is 127. The number of halogens is 1. The van der Waals surface area contributed by atoms with Crippen LogP contribution >= 0.6 is 22.6 Å². The van der Waals surface area contributed by atoms with Crippen molar-refractivity contribution in [1.82, 2.24) is 0 Å². The minimum Gasteiger partial charge on any atom is -0.485 e. The Kier molecular flexibility index (Phi) is 7.10. The number of hydrogen-bond donors (Lipinski definition) is 1. The van der Waals surface area contributed by atoms with Crippen molar-refractivity contribution in [1.29, 1.82) is 0 Å². The third-order valence-electron chi connectivity index (χ3n) is 3.82. The largest absolute Gasteiger partial charge is 0.485 e. The van der Waals surface area contributed by atoms with E-state index in [0.29, 0.717) is 34.8 Å². The van der Waals surface area contributed by atoms with Gasteiger partial charge in [0, 0.05) is 11.8 Å². The van der Waals surface area contributed by atoms with Gasteiger partial charge in [0.25, 0.3) is 0 Å². The van der Waals surface area contributed by atoms with Crippen LogP contribution in [0.1, 0.15) is 11.1 Å². The first-order valence-corrected chi connectivity index (χ1v) is 10.1. The number of anilines is 1. The van der Waals surface area contributed by atoms with E-state index in [1.807, 2.05) is 95.4 Å². The minimum atomic E-state index is -0.0532. The average molecular weight is 473 g/mol. The normalized spacial score (nSPS) is 10.3. The van der Waals surface area contributed by atoms with Crippen LogP contribution in [0.25, 0.3) is 0 Å². The number of carbonyl (C=O) groups excluding carboxylic acids is 1. The third kappa shape index (κ3) is 5.99. The van der Waals surface area contributed by atoms with Gasteiger partial charge in [-0.15, -0.1) is 0 Å². The molecule has 0 radical (unpaired) electrons. The summed E-state index contributed by atoms with van der Waals surface area (Å²) in [6.45, 7) is 0.869. The molecule has 0 saturated carbocycles. The van der Waals surface area contributed by atoms with E-state index in [1.165, 1.54) is 0 Å². The van der Waals surface area contributed by atoms with Crippen molar-refractivity contribution in [3.8, 4) is 11.5 Å². The van der Waals surface area contributed by atoms with Gasteiger partial charge in [-0.1, -0.05) is 83.3 Å². The van der Waals surface area contributed by atoms with Crippen LogP contribution in [0.2, 0.25) is 0 Å². The lowest BCUT2D eigenvalue weighted by atomic mass is 10.2. The summed E-state index contributed by atoms with van der Waals surface area (Å²) in [5, 5.41) is 2.85. The molecule has 0 aliphatic carbocycles. The molecule has 4 nitrogen and oxygen atoms in total. The lowest BCUT2D eigenvalue weighted by molar-refractivity contribution is -0.113. The SMILES string of the molecule is O=C(CI)Nc1ccc(OCc2ccccc2)c(OCc2ccccc2)c1. The monoisotopic (exact) mass is 473 g/mol. The van der Waals surface area contributed by atoms with Crippen LogP contribution in [-0.4, -0.2) is 10.3 Å². The highest BCUT2D eigenvalue weighted by Crippen LogP contribution is 2.32. The van der Waals surface area contributed by atoms with E-state index in [-0.39, 0.29) is 5.91 Å². The fraction of sp³-hybridized carbons (Fsp3) is 0.136. The first kappa shape index (κ1) is 19.2. The van der Waals surface area contributed by atoms with E-state index in [2.05, 4.69) is 5.32 Å². The van der Waals surface area contributed by atoms with Crippen molar-refractivity contribution < 1.29 is 14.3 Å². The van der Waals surface area contributed by atoms with Crippen LogP contribution in [0.4, 0.5) is 5.69 Å². The highest BCUT2D eigenvalue weighted by molar-refractivity contribution is 14.1. The Balaban J connectivity index is 1.76. The van der Waals surface area contributed by atoms with Gasteiger partial charge in [-0.3, -0.25) is 4.79 Å². The van der Waals surface area contributed by atoms with Gasteiger partial charge in [0.15, 0.2) is 11.5 Å². The number of alkyl halides is 1. The van der Waals surface area contributed by atoms with E-state index in [9.17, 15) is 4.79 Å². The Morgan fingerprint density at radius 2 is 1.33 bits per heavy atom. The second-order valence-electron chi connectivity index (χ2n) is 5.89. The fourth-order valence-electron chi connectivity index (χ4n) is 2.48. The van der Waals surface area contributed by atoms with Crippen molar-refractivity contribution in [2.24, 2.45) is 0 Å². The molecule has 0 unspecified atom stereocenters. The molecule has 0 atom stereocenters. The van der Waals surface area contributed by atoms with Gasteiger partial charge >= 0.3 is 0 Å². The number of carbonyl (C=O) groups is 1. The molecule has 0 fully saturated rings. The quantitative estimate of drug-likeness (QED) is 0.361. The molecule has 0 saturated heterocycles. The number of benzene rings is 3. The summed E-state index contributed by atoms with van der Waals surface area (Å²) >= 11 is 2.03. The zero-order valence-corrected chi connectivity index (χ0v) is 16.9. The van der Waals surface area contributed by atoms with Crippen LogP contribution in [-0.2, 0) is 18.0 Å². The van der Waals surface area contributed by atoms with Crippen molar-refractivity contribution >= 4 is 34.2 Å². The average Bonchev–Trinajstić information content (AvgIpc) is 2.73. The second-order valence-corrected chi connectivity index (χ2v) is 6.65. The second kappa shape index (κ2) is 9.97. The summed E-state index contributed by atoms with van der Waals surface area (Å²) in [7, 11) is 0. The summed E-state index contributed by atoms with van der Waals surface area (Å²) in [6.07, 6.45) is 0. The van der Waals surface area contributed by atoms with Crippen molar-refractivity contribution in [3.63, 3.8) is 0 Å². The van der Waals surface area contributed by atoms with Gasteiger partial charge in [0.05, 0.1) is 4.43 Å². The van der Waals surface area contributed by atoms with Gasteiger partial charge in [0.1, 0.15) is 13.2 Å². The smallest absolute Gasteiger partial charge is 0.234 e. The molecule has 0 aliphatic rings. The van der Waals surface area contributed by atoms with Crippen LogP contribution in [0.15, 0.2) is 78.9 Å². The van der Waals surface area contributed by atoms with Crippen molar-refractivity contribution in [2.75, 3.05) is 9.74 Å². The van der Waals surface area contributed by atoms with Crippen molar-refractivity contribution in [2.45, 2.75) is 13.2 Å². The molecule has 27 heavy (non-hydrogen) atoms. The molecule has 3 rings (SSSR count). The molecule has 3 aromatic carbocycles. The fourth-order valence-corrected chi connectivity index (χ4v) is 2.67. The number of nitrogens with one attached hydrogen (secondary N) is 1. The summed E-state index contributed by atoms with van der Waals surface area (Å²) in [5.74, 6) is 1.19. The number of hydrogen-bond acceptors (Lipinski definition) is 3. The molecule has 0 bridgehead atoms. The Labute approximate surface area is 172 Å². The van der Waals surface area contributed by atoms with Crippen LogP contribution < -0.4 is 14.8 Å². The number of rotatable bonds is 8. The minimum absolute atomic E-state index is 0.0532. The topological polar surface area (TPSA) is 47.6 Å². The van der Waals surface area contributed by atoms with Crippen LogP contribution in [0, 0.1) is 0 Å². The van der Waals surface area contributed by atoms with Gasteiger partial charge in [-0.05, 0) is 23.3 Å².